The summed E-state index contributed by atoms with van der Waals surface area (Å²) >= 11 is 12.9. The van der Waals surface area contributed by atoms with Gasteiger partial charge < -0.3 is 0 Å². The molecule has 100 valence electrons. The summed E-state index contributed by atoms with van der Waals surface area (Å²) in [5, 5.41) is 0. The molecule has 0 amide bonds. The zero-order chi connectivity index (χ0) is 13.2. The maximum atomic E-state index is 6.46. The Morgan fingerprint density at radius 3 is 1.11 bits per heavy atom. The van der Waals surface area contributed by atoms with Crippen LogP contribution in [0.3, 0.4) is 0 Å². The van der Waals surface area contributed by atoms with Gasteiger partial charge in [0.05, 0.1) is 0 Å². The first-order valence-corrected chi connectivity index (χ1v) is 9.70. The molecule has 0 saturated heterocycles. The fourth-order valence-electron chi connectivity index (χ4n) is 2.09. The molecule has 0 unspecified atom stereocenters. The molecule has 0 atom stereocenters. The number of hydrogen-bond acceptors (Lipinski definition) is 4. The molecule has 19 heavy (non-hydrogen) atoms. The van der Waals surface area contributed by atoms with E-state index in [1.54, 1.807) is 48.5 Å². The van der Waals surface area contributed by atoms with Crippen LogP contribution in [0.2, 0.25) is 0 Å². The average molecular weight is 318 g/mol. The predicted octanol–water partition coefficient (Wildman–Crippen LogP) is 4.99. The average Bonchev–Trinajstić information content (AvgIpc) is 2.75. The molecular formula is C12H8Cl2O4P-. The minimum atomic E-state index is -5.31. The minimum absolute atomic E-state index is 0.385. The van der Waals surface area contributed by atoms with Gasteiger partial charge in [0, 0.05) is 0 Å². The third-order valence-electron chi connectivity index (χ3n) is 2.81. The van der Waals surface area contributed by atoms with E-state index in [0.717, 1.165) is 0 Å². The van der Waals surface area contributed by atoms with Gasteiger partial charge in [0.15, 0.2) is 0 Å². The van der Waals surface area contributed by atoms with Crippen molar-refractivity contribution in [2.24, 2.45) is 0 Å². The van der Waals surface area contributed by atoms with Crippen molar-refractivity contribution in [3.05, 3.63) is 48.5 Å². The number of halogens is 2. The Kier molecular flexibility index (Phi) is 1.74. The Morgan fingerprint density at radius 2 is 0.842 bits per heavy atom. The van der Waals surface area contributed by atoms with Crippen LogP contribution in [0.5, 0.6) is 23.0 Å². The van der Waals surface area contributed by atoms with E-state index in [4.69, 9.17) is 40.6 Å². The fourth-order valence-corrected chi connectivity index (χ4v) is 6.26. The molecule has 2 aromatic rings. The van der Waals surface area contributed by atoms with Gasteiger partial charge in [-0.05, 0) is 0 Å². The van der Waals surface area contributed by atoms with Gasteiger partial charge in [-0.1, -0.05) is 0 Å². The first-order chi connectivity index (χ1) is 8.90. The van der Waals surface area contributed by atoms with Crippen LogP contribution in [0.15, 0.2) is 48.5 Å². The van der Waals surface area contributed by atoms with Crippen LogP contribution in [0.4, 0.5) is 0 Å². The third-order valence-corrected chi connectivity index (χ3v) is 6.70. The Hall–Kier alpha value is -1.35. The normalized spacial score (nSPS) is 26.0. The van der Waals surface area contributed by atoms with Gasteiger partial charge in [0.25, 0.3) is 0 Å². The Morgan fingerprint density at radius 1 is 0.579 bits per heavy atom. The Labute approximate surface area is 118 Å². The first-order valence-electron chi connectivity index (χ1n) is 5.54. The quantitative estimate of drug-likeness (QED) is 0.642. The van der Waals surface area contributed by atoms with Crippen molar-refractivity contribution in [1.82, 2.24) is 0 Å². The second-order valence-corrected chi connectivity index (χ2v) is 12.0. The second-order valence-electron chi connectivity index (χ2n) is 4.32. The second kappa shape index (κ2) is 2.88. The van der Waals surface area contributed by atoms with Crippen LogP contribution in [0.25, 0.3) is 0 Å². The van der Waals surface area contributed by atoms with E-state index in [1.165, 1.54) is 0 Å². The third kappa shape index (κ3) is 1.51. The summed E-state index contributed by atoms with van der Waals surface area (Å²) in [5.41, 5.74) is -5.31. The van der Waals surface area contributed by atoms with Gasteiger partial charge in [-0.25, -0.2) is 0 Å². The van der Waals surface area contributed by atoms with Crippen molar-refractivity contribution in [2.75, 3.05) is 0 Å². The summed E-state index contributed by atoms with van der Waals surface area (Å²) < 4.78 is 22.5. The van der Waals surface area contributed by atoms with Crippen LogP contribution < -0.4 is 18.1 Å². The monoisotopic (exact) mass is 317 g/mol. The van der Waals surface area contributed by atoms with Crippen molar-refractivity contribution in [3.8, 4) is 23.0 Å². The zero-order valence-corrected chi connectivity index (χ0v) is 11.9. The zero-order valence-electron chi connectivity index (χ0n) is 9.45. The van der Waals surface area contributed by atoms with Crippen molar-refractivity contribution in [3.63, 3.8) is 0 Å². The van der Waals surface area contributed by atoms with Crippen molar-refractivity contribution >= 4 is 28.0 Å². The topological polar surface area (TPSA) is 36.9 Å². The van der Waals surface area contributed by atoms with Gasteiger partial charge in [-0.3, -0.25) is 0 Å². The van der Waals surface area contributed by atoms with Crippen LogP contribution >= 0.6 is 28.0 Å². The number of fused-ring (bicyclic) bond motifs is 2. The van der Waals surface area contributed by atoms with Gasteiger partial charge in [-0.15, -0.1) is 0 Å². The summed E-state index contributed by atoms with van der Waals surface area (Å²) in [7, 11) is 0. The molecule has 0 fully saturated rings. The number of hydrogen-bond donors (Lipinski definition) is 0. The number of para-hydroxylation sites is 4. The van der Waals surface area contributed by atoms with Crippen LogP contribution in [0, 0.1) is 0 Å². The molecule has 0 saturated carbocycles. The molecule has 0 bridgehead atoms. The molecule has 0 radical (unpaired) electrons. The van der Waals surface area contributed by atoms with Crippen LogP contribution in [-0.4, -0.2) is 0 Å². The van der Waals surface area contributed by atoms with E-state index in [2.05, 4.69) is 0 Å². The Balaban J connectivity index is 1.89. The molecule has 4 nitrogen and oxygen atoms in total. The summed E-state index contributed by atoms with van der Waals surface area (Å²) in [4.78, 5) is 0. The summed E-state index contributed by atoms with van der Waals surface area (Å²) in [6.07, 6.45) is 0. The summed E-state index contributed by atoms with van der Waals surface area (Å²) in [5.74, 6) is 1.54. The molecule has 0 aliphatic carbocycles. The molecule has 1 spiro atoms. The predicted molar refractivity (Wildman–Crippen MR) is 74.0 cm³/mol. The van der Waals surface area contributed by atoms with Crippen molar-refractivity contribution in [2.45, 2.75) is 0 Å². The van der Waals surface area contributed by atoms with Gasteiger partial charge in [0.1, 0.15) is 0 Å². The molecule has 4 rings (SSSR count). The van der Waals surface area contributed by atoms with Crippen molar-refractivity contribution < 1.29 is 18.1 Å². The molecule has 2 aliphatic rings. The van der Waals surface area contributed by atoms with E-state index >= 15 is 0 Å². The standard InChI is InChI=1S/C12H8Cl2O4P/c13-19(14,15-9-5-1-2-6-10(9)16-19)17-11-7-3-4-8-12(11)18-19/h1-8H/q-1. The summed E-state index contributed by atoms with van der Waals surface area (Å²) in [6, 6.07) is 13.8. The SMILES string of the molecule is Cl[P-]12(Cl)(Oc3ccccc3O1)Oc1ccccc1O2. The Bertz CT molecular complexity index is 608. The first kappa shape index (κ1) is 11.5. The molecule has 2 aliphatic heterocycles. The molecule has 0 aromatic heterocycles. The van der Waals surface area contributed by atoms with E-state index in [1.807, 2.05) is 0 Å². The van der Waals surface area contributed by atoms with E-state index in [-0.39, 0.29) is 0 Å². The van der Waals surface area contributed by atoms with Crippen LogP contribution in [-0.2, 0) is 0 Å². The number of benzene rings is 2. The van der Waals surface area contributed by atoms with Gasteiger partial charge >= 0.3 is 118 Å². The fraction of sp³-hybridized carbons (Fsp3) is 0. The van der Waals surface area contributed by atoms with Crippen molar-refractivity contribution in [1.29, 1.82) is 0 Å². The molecule has 2 heterocycles. The van der Waals surface area contributed by atoms with E-state index in [0.29, 0.717) is 23.0 Å². The van der Waals surface area contributed by atoms with Gasteiger partial charge in [0.2, 0.25) is 0 Å². The number of rotatable bonds is 0. The maximum absolute atomic E-state index is 6.46. The molecule has 0 N–H and O–H groups in total. The molecular weight excluding hydrogens is 310 g/mol. The van der Waals surface area contributed by atoms with Gasteiger partial charge in [-0.2, -0.15) is 0 Å². The molecule has 2 aromatic carbocycles. The molecule has 7 heteroatoms. The van der Waals surface area contributed by atoms with E-state index in [9.17, 15) is 0 Å². The summed E-state index contributed by atoms with van der Waals surface area (Å²) in [6.45, 7) is 0. The van der Waals surface area contributed by atoms with Crippen LogP contribution in [0.1, 0.15) is 0 Å². The van der Waals surface area contributed by atoms with E-state index < -0.39 is 5.56 Å².